The van der Waals surface area contributed by atoms with E-state index in [1.54, 1.807) is 24.2 Å². The van der Waals surface area contributed by atoms with Gasteiger partial charge < -0.3 is 5.32 Å². The molecule has 0 unspecified atom stereocenters. The second-order valence-corrected chi connectivity index (χ2v) is 5.39. The zero-order valence-electron chi connectivity index (χ0n) is 10.2. The van der Waals surface area contributed by atoms with Crippen molar-refractivity contribution in [1.29, 1.82) is 0 Å². The zero-order chi connectivity index (χ0) is 12.8. The maximum Gasteiger partial charge on any atom is 0.0629 e. The summed E-state index contributed by atoms with van der Waals surface area (Å²) in [6.45, 7) is 0.904. The van der Waals surface area contributed by atoms with Gasteiger partial charge in [0.05, 0.1) is 5.02 Å². The fourth-order valence-electron chi connectivity index (χ4n) is 1.59. The maximum absolute atomic E-state index is 6.07. The van der Waals surface area contributed by atoms with Crippen LogP contribution in [0.2, 0.25) is 5.02 Å². The third-order valence-electron chi connectivity index (χ3n) is 2.56. The van der Waals surface area contributed by atoms with Gasteiger partial charge in [0, 0.05) is 29.6 Å². The van der Waals surface area contributed by atoms with E-state index < -0.39 is 0 Å². The van der Waals surface area contributed by atoms with Crippen LogP contribution in [0.15, 0.2) is 47.6 Å². The van der Waals surface area contributed by atoms with Crippen molar-refractivity contribution in [3.8, 4) is 0 Å². The summed E-state index contributed by atoms with van der Waals surface area (Å²) in [5, 5.41) is 3.87. The molecule has 0 bridgehead atoms. The molecule has 2 aromatic rings. The van der Waals surface area contributed by atoms with Gasteiger partial charge in [0.25, 0.3) is 0 Å². The molecular formula is C14H15ClN2S. The Hall–Kier alpha value is -1.03. The van der Waals surface area contributed by atoms with Crippen LogP contribution in [0.25, 0.3) is 0 Å². The van der Waals surface area contributed by atoms with E-state index in [9.17, 15) is 0 Å². The second kappa shape index (κ2) is 6.78. The van der Waals surface area contributed by atoms with Crippen molar-refractivity contribution in [2.45, 2.75) is 17.2 Å². The number of hydrogen-bond acceptors (Lipinski definition) is 3. The first-order valence-corrected chi connectivity index (χ1v) is 7.10. The SMILES string of the molecule is CNCc1ccc(SCc2ccncc2Cl)cc1. The molecule has 18 heavy (non-hydrogen) atoms. The summed E-state index contributed by atoms with van der Waals surface area (Å²) in [6.07, 6.45) is 3.46. The van der Waals surface area contributed by atoms with E-state index >= 15 is 0 Å². The molecule has 0 aliphatic rings. The number of pyridine rings is 1. The fourth-order valence-corrected chi connectivity index (χ4v) is 2.76. The molecule has 1 aromatic carbocycles. The highest BCUT2D eigenvalue weighted by molar-refractivity contribution is 7.98. The number of hydrogen-bond donors (Lipinski definition) is 1. The first-order valence-electron chi connectivity index (χ1n) is 5.74. The van der Waals surface area contributed by atoms with E-state index in [4.69, 9.17) is 11.6 Å². The van der Waals surface area contributed by atoms with Crippen LogP contribution in [-0.2, 0) is 12.3 Å². The molecule has 0 radical (unpaired) electrons. The molecule has 94 valence electrons. The van der Waals surface area contributed by atoms with Gasteiger partial charge in [-0.15, -0.1) is 11.8 Å². The molecular weight excluding hydrogens is 264 g/mol. The average Bonchev–Trinajstić information content (AvgIpc) is 2.40. The van der Waals surface area contributed by atoms with Crippen LogP contribution in [0.1, 0.15) is 11.1 Å². The molecule has 0 aliphatic carbocycles. The molecule has 2 nitrogen and oxygen atoms in total. The molecule has 2 rings (SSSR count). The second-order valence-electron chi connectivity index (χ2n) is 3.93. The number of aromatic nitrogens is 1. The lowest BCUT2D eigenvalue weighted by Gasteiger charge is -2.05. The number of nitrogens with one attached hydrogen (secondary N) is 1. The third kappa shape index (κ3) is 3.73. The molecule has 0 fully saturated rings. The molecule has 1 N–H and O–H groups in total. The van der Waals surface area contributed by atoms with E-state index in [0.29, 0.717) is 0 Å². The van der Waals surface area contributed by atoms with E-state index in [2.05, 4.69) is 34.6 Å². The van der Waals surface area contributed by atoms with Crippen molar-refractivity contribution in [3.63, 3.8) is 0 Å². The first kappa shape index (κ1) is 13.4. The van der Waals surface area contributed by atoms with E-state index in [1.807, 2.05) is 13.1 Å². The summed E-state index contributed by atoms with van der Waals surface area (Å²) in [5.74, 6) is 0.868. The summed E-state index contributed by atoms with van der Waals surface area (Å²) in [6, 6.07) is 10.5. The summed E-state index contributed by atoms with van der Waals surface area (Å²) in [5.41, 5.74) is 2.42. The van der Waals surface area contributed by atoms with Crippen LogP contribution >= 0.6 is 23.4 Å². The quantitative estimate of drug-likeness (QED) is 0.843. The predicted octanol–water partition coefficient (Wildman–Crippen LogP) is 3.75. The normalized spacial score (nSPS) is 10.6. The molecule has 1 heterocycles. The van der Waals surface area contributed by atoms with Crippen LogP contribution in [0.3, 0.4) is 0 Å². The number of halogens is 1. The highest BCUT2D eigenvalue weighted by Crippen LogP contribution is 2.26. The Labute approximate surface area is 117 Å². The van der Waals surface area contributed by atoms with E-state index in [-0.39, 0.29) is 0 Å². The van der Waals surface area contributed by atoms with Crippen LogP contribution in [0.4, 0.5) is 0 Å². The monoisotopic (exact) mass is 278 g/mol. The molecule has 0 spiro atoms. The van der Waals surface area contributed by atoms with Gasteiger partial charge in [-0.2, -0.15) is 0 Å². The molecule has 0 saturated heterocycles. The van der Waals surface area contributed by atoms with Crippen LogP contribution in [-0.4, -0.2) is 12.0 Å². The maximum atomic E-state index is 6.07. The highest BCUT2D eigenvalue weighted by Gasteiger charge is 2.01. The Morgan fingerprint density at radius 2 is 2.00 bits per heavy atom. The first-order chi connectivity index (χ1) is 8.79. The van der Waals surface area contributed by atoms with E-state index in [0.717, 1.165) is 22.9 Å². The Morgan fingerprint density at radius 1 is 1.22 bits per heavy atom. The Balaban J connectivity index is 1.96. The van der Waals surface area contributed by atoms with Crippen molar-refractivity contribution in [3.05, 3.63) is 58.9 Å². The van der Waals surface area contributed by atoms with Gasteiger partial charge in [-0.05, 0) is 36.4 Å². The molecule has 4 heteroatoms. The number of thioether (sulfide) groups is 1. The Morgan fingerprint density at radius 3 is 2.67 bits per heavy atom. The average molecular weight is 279 g/mol. The van der Waals surface area contributed by atoms with E-state index in [1.165, 1.54) is 10.5 Å². The fraction of sp³-hybridized carbons (Fsp3) is 0.214. The van der Waals surface area contributed by atoms with Gasteiger partial charge in [-0.25, -0.2) is 0 Å². The largest absolute Gasteiger partial charge is 0.316 e. The summed E-state index contributed by atoms with van der Waals surface area (Å²) in [7, 11) is 1.95. The number of nitrogens with zero attached hydrogens (tertiary/aromatic N) is 1. The summed E-state index contributed by atoms with van der Waals surface area (Å²) in [4.78, 5) is 5.24. The minimum Gasteiger partial charge on any atom is -0.316 e. The molecule has 0 amide bonds. The lowest BCUT2D eigenvalue weighted by atomic mass is 10.2. The minimum absolute atomic E-state index is 0.733. The third-order valence-corrected chi connectivity index (χ3v) is 3.96. The lowest BCUT2D eigenvalue weighted by Crippen LogP contribution is -2.04. The predicted molar refractivity (Wildman–Crippen MR) is 78.0 cm³/mol. The number of benzene rings is 1. The van der Waals surface area contributed by atoms with Crippen molar-refractivity contribution in [1.82, 2.24) is 10.3 Å². The van der Waals surface area contributed by atoms with Crippen LogP contribution < -0.4 is 5.32 Å². The summed E-state index contributed by atoms with van der Waals surface area (Å²) >= 11 is 7.85. The van der Waals surface area contributed by atoms with Gasteiger partial charge in [-0.1, -0.05) is 23.7 Å². The number of rotatable bonds is 5. The molecule has 0 aliphatic heterocycles. The Bertz CT molecular complexity index is 499. The topological polar surface area (TPSA) is 24.9 Å². The van der Waals surface area contributed by atoms with Gasteiger partial charge in [0.1, 0.15) is 0 Å². The van der Waals surface area contributed by atoms with Crippen LogP contribution in [0, 0.1) is 0 Å². The van der Waals surface area contributed by atoms with Gasteiger partial charge in [0.2, 0.25) is 0 Å². The Kier molecular flexibility index (Phi) is 5.05. The van der Waals surface area contributed by atoms with Gasteiger partial charge in [0.15, 0.2) is 0 Å². The summed E-state index contributed by atoms with van der Waals surface area (Å²) < 4.78 is 0. The molecule has 0 saturated carbocycles. The smallest absolute Gasteiger partial charge is 0.0629 e. The lowest BCUT2D eigenvalue weighted by molar-refractivity contribution is 0.817. The van der Waals surface area contributed by atoms with Crippen LogP contribution in [0.5, 0.6) is 0 Å². The van der Waals surface area contributed by atoms with Crippen molar-refractivity contribution >= 4 is 23.4 Å². The molecule has 0 atom stereocenters. The van der Waals surface area contributed by atoms with Gasteiger partial charge >= 0.3 is 0 Å². The van der Waals surface area contributed by atoms with Crippen molar-refractivity contribution in [2.24, 2.45) is 0 Å². The zero-order valence-corrected chi connectivity index (χ0v) is 11.8. The standard InChI is InChI=1S/C14H15ClN2S/c1-16-8-11-2-4-13(5-3-11)18-10-12-6-7-17-9-14(12)15/h2-7,9,16H,8,10H2,1H3. The molecule has 1 aromatic heterocycles. The highest BCUT2D eigenvalue weighted by atomic mass is 35.5. The minimum atomic E-state index is 0.733. The van der Waals surface area contributed by atoms with Crippen molar-refractivity contribution in [2.75, 3.05) is 7.05 Å². The van der Waals surface area contributed by atoms with Crippen molar-refractivity contribution < 1.29 is 0 Å². The van der Waals surface area contributed by atoms with Gasteiger partial charge in [-0.3, -0.25) is 4.98 Å².